The minimum Gasteiger partial charge on any atom is -0.492 e. The zero-order chi connectivity index (χ0) is 14.1. The van der Waals surface area contributed by atoms with Crippen molar-refractivity contribution in [3.63, 3.8) is 0 Å². The molecule has 19 heavy (non-hydrogen) atoms. The van der Waals surface area contributed by atoms with Gasteiger partial charge < -0.3 is 15.4 Å². The Balaban J connectivity index is 2.56. The van der Waals surface area contributed by atoms with E-state index >= 15 is 0 Å². The van der Waals surface area contributed by atoms with Gasteiger partial charge in [0.2, 0.25) is 11.8 Å². The van der Waals surface area contributed by atoms with Crippen molar-refractivity contribution >= 4 is 17.5 Å². The fourth-order valence-electron chi connectivity index (χ4n) is 1.44. The number of carbonyl (C=O) groups excluding carboxylic acids is 2. The van der Waals surface area contributed by atoms with Gasteiger partial charge in [0.05, 0.1) is 12.3 Å². The van der Waals surface area contributed by atoms with Crippen LogP contribution in [0.3, 0.4) is 0 Å². The fourth-order valence-corrected chi connectivity index (χ4v) is 1.44. The summed E-state index contributed by atoms with van der Waals surface area (Å²) in [5, 5.41) is 5.19. The molecule has 1 aromatic carbocycles. The molecule has 0 unspecified atom stereocenters. The molecule has 0 fully saturated rings. The Labute approximate surface area is 112 Å². The Hall–Kier alpha value is -2.30. The number of benzene rings is 1. The second-order valence-corrected chi connectivity index (χ2v) is 3.75. The summed E-state index contributed by atoms with van der Waals surface area (Å²) < 4.78 is 5.38. The summed E-state index contributed by atoms with van der Waals surface area (Å²) in [6.45, 7) is 6.20. The lowest BCUT2D eigenvalue weighted by atomic mass is 10.2. The molecule has 0 spiro atoms. The van der Waals surface area contributed by atoms with E-state index < -0.39 is 0 Å². The first kappa shape index (κ1) is 14.8. The summed E-state index contributed by atoms with van der Waals surface area (Å²) in [7, 11) is 0. The van der Waals surface area contributed by atoms with E-state index in [0.717, 1.165) is 0 Å². The highest BCUT2D eigenvalue weighted by atomic mass is 16.5. The summed E-state index contributed by atoms with van der Waals surface area (Å²) in [4.78, 5) is 23.1. The lowest BCUT2D eigenvalue weighted by Gasteiger charge is -2.11. The first-order chi connectivity index (χ1) is 9.17. The number of anilines is 1. The molecule has 0 saturated heterocycles. The predicted molar refractivity (Wildman–Crippen MR) is 74.1 cm³/mol. The van der Waals surface area contributed by atoms with Gasteiger partial charge in [0.1, 0.15) is 12.2 Å². The van der Waals surface area contributed by atoms with Crippen LogP contribution in [0.1, 0.15) is 13.3 Å². The molecule has 0 aliphatic rings. The van der Waals surface area contributed by atoms with Crippen molar-refractivity contribution < 1.29 is 14.3 Å². The molecule has 0 aromatic heterocycles. The average Bonchev–Trinajstić information content (AvgIpc) is 2.39. The first-order valence-electron chi connectivity index (χ1n) is 6.06. The van der Waals surface area contributed by atoms with Crippen LogP contribution < -0.4 is 15.4 Å². The second kappa shape index (κ2) is 7.92. The predicted octanol–water partition coefficient (Wildman–Crippen LogP) is 1.72. The van der Waals surface area contributed by atoms with E-state index in [0.29, 0.717) is 24.6 Å². The van der Waals surface area contributed by atoms with E-state index in [1.165, 1.54) is 0 Å². The van der Waals surface area contributed by atoms with Crippen LogP contribution in [0.25, 0.3) is 0 Å². The third-order valence-electron chi connectivity index (χ3n) is 2.23. The van der Waals surface area contributed by atoms with Gasteiger partial charge in [0, 0.05) is 6.54 Å². The van der Waals surface area contributed by atoms with Gasteiger partial charge in [-0.3, -0.25) is 9.59 Å². The van der Waals surface area contributed by atoms with Crippen LogP contribution in [0.2, 0.25) is 0 Å². The van der Waals surface area contributed by atoms with Gasteiger partial charge in [0.15, 0.2) is 0 Å². The van der Waals surface area contributed by atoms with Crippen LogP contribution in [0, 0.1) is 0 Å². The van der Waals surface area contributed by atoms with Crippen LogP contribution in [0.5, 0.6) is 5.75 Å². The summed E-state index contributed by atoms with van der Waals surface area (Å²) in [6, 6.07) is 7.09. The van der Waals surface area contributed by atoms with Gasteiger partial charge >= 0.3 is 0 Å². The van der Waals surface area contributed by atoms with Gasteiger partial charge in [-0.2, -0.15) is 0 Å². The Bertz CT molecular complexity index is 458. The van der Waals surface area contributed by atoms with E-state index in [4.69, 9.17) is 4.74 Å². The molecule has 2 N–H and O–H groups in total. The minimum absolute atomic E-state index is 0.228. The van der Waals surface area contributed by atoms with Crippen LogP contribution in [0.15, 0.2) is 36.9 Å². The summed E-state index contributed by atoms with van der Waals surface area (Å²) in [5.74, 6) is -0.134. The topological polar surface area (TPSA) is 67.4 Å². The number of rotatable bonds is 7. The van der Waals surface area contributed by atoms with Gasteiger partial charge in [-0.15, -0.1) is 6.58 Å². The molecule has 0 atom stereocenters. The van der Waals surface area contributed by atoms with Crippen molar-refractivity contribution in [2.24, 2.45) is 0 Å². The molecule has 0 aliphatic carbocycles. The molecular weight excluding hydrogens is 244 g/mol. The molecule has 102 valence electrons. The van der Waals surface area contributed by atoms with Crippen molar-refractivity contribution in [3.05, 3.63) is 36.9 Å². The number of amides is 2. The van der Waals surface area contributed by atoms with E-state index in [-0.39, 0.29) is 18.2 Å². The first-order valence-corrected chi connectivity index (χ1v) is 6.06. The fraction of sp³-hybridized carbons (Fsp3) is 0.286. The molecule has 1 aromatic rings. The number of nitrogens with one attached hydrogen (secondary N) is 2. The van der Waals surface area contributed by atoms with Crippen molar-refractivity contribution in [1.29, 1.82) is 0 Å². The number of hydrogen-bond donors (Lipinski definition) is 2. The molecule has 0 heterocycles. The molecule has 0 bridgehead atoms. The zero-order valence-corrected chi connectivity index (χ0v) is 10.9. The van der Waals surface area contributed by atoms with Gasteiger partial charge in [0.25, 0.3) is 0 Å². The van der Waals surface area contributed by atoms with Crippen molar-refractivity contribution in [2.45, 2.75) is 13.3 Å². The lowest BCUT2D eigenvalue weighted by Crippen LogP contribution is -2.28. The maximum atomic E-state index is 11.7. The Morgan fingerprint density at radius 2 is 2.05 bits per heavy atom. The number of ether oxygens (including phenoxy) is 1. The van der Waals surface area contributed by atoms with Crippen LogP contribution in [0.4, 0.5) is 5.69 Å². The third-order valence-corrected chi connectivity index (χ3v) is 2.23. The van der Waals surface area contributed by atoms with Gasteiger partial charge in [-0.25, -0.2) is 0 Å². The van der Waals surface area contributed by atoms with Crippen LogP contribution in [-0.2, 0) is 9.59 Å². The highest BCUT2D eigenvalue weighted by Gasteiger charge is 2.11. The van der Waals surface area contributed by atoms with E-state index in [1.807, 2.05) is 13.0 Å². The average molecular weight is 262 g/mol. The molecular formula is C14H18N2O3. The highest BCUT2D eigenvalue weighted by Crippen LogP contribution is 2.23. The largest absolute Gasteiger partial charge is 0.492 e. The number of carbonyl (C=O) groups is 2. The third kappa shape index (κ3) is 5.25. The summed E-state index contributed by atoms with van der Waals surface area (Å²) in [6.07, 6.45) is 1.33. The Morgan fingerprint density at radius 3 is 2.74 bits per heavy atom. The van der Waals surface area contributed by atoms with Crippen molar-refractivity contribution in [2.75, 3.05) is 18.5 Å². The summed E-state index contributed by atoms with van der Waals surface area (Å²) in [5.41, 5.74) is 0.561. The maximum absolute atomic E-state index is 11.7. The monoisotopic (exact) mass is 262 g/mol. The normalized spacial score (nSPS) is 9.53. The molecule has 2 amide bonds. The quantitative estimate of drug-likeness (QED) is 0.580. The standard InChI is InChI=1S/C14H18N2O3/c1-3-9-15-13(17)10-14(18)16-11-7-5-6-8-12(11)19-4-2/h3,5-8H,1,4,9-10H2,2H3,(H,15,17)(H,16,18). The Kier molecular flexibility index (Phi) is 6.15. The summed E-state index contributed by atoms with van der Waals surface area (Å²) >= 11 is 0. The van der Waals surface area contributed by atoms with Crippen LogP contribution >= 0.6 is 0 Å². The van der Waals surface area contributed by atoms with E-state index in [1.54, 1.807) is 24.3 Å². The van der Waals surface area contributed by atoms with Crippen LogP contribution in [-0.4, -0.2) is 25.0 Å². The zero-order valence-electron chi connectivity index (χ0n) is 10.9. The minimum atomic E-state index is -0.381. The second-order valence-electron chi connectivity index (χ2n) is 3.75. The molecule has 0 aliphatic heterocycles. The maximum Gasteiger partial charge on any atom is 0.233 e. The molecule has 5 nitrogen and oxygen atoms in total. The molecule has 5 heteroatoms. The smallest absolute Gasteiger partial charge is 0.233 e. The number of para-hydroxylation sites is 2. The van der Waals surface area contributed by atoms with Gasteiger partial charge in [-0.05, 0) is 19.1 Å². The molecule has 1 rings (SSSR count). The SMILES string of the molecule is C=CCNC(=O)CC(=O)Nc1ccccc1OCC. The van der Waals surface area contributed by atoms with Crippen molar-refractivity contribution in [3.8, 4) is 5.75 Å². The number of hydrogen-bond acceptors (Lipinski definition) is 3. The van der Waals surface area contributed by atoms with Gasteiger partial charge in [-0.1, -0.05) is 18.2 Å². The molecule has 0 saturated carbocycles. The van der Waals surface area contributed by atoms with E-state index in [2.05, 4.69) is 17.2 Å². The Morgan fingerprint density at radius 1 is 1.32 bits per heavy atom. The molecule has 0 radical (unpaired) electrons. The highest BCUT2D eigenvalue weighted by molar-refractivity contribution is 6.04. The lowest BCUT2D eigenvalue weighted by molar-refractivity contribution is -0.126. The van der Waals surface area contributed by atoms with E-state index in [9.17, 15) is 9.59 Å². The van der Waals surface area contributed by atoms with Crippen molar-refractivity contribution in [1.82, 2.24) is 5.32 Å².